The van der Waals surface area contributed by atoms with Gasteiger partial charge in [-0.15, -0.1) is 0 Å². The van der Waals surface area contributed by atoms with E-state index in [4.69, 9.17) is 9.47 Å². The van der Waals surface area contributed by atoms with Crippen molar-refractivity contribution in [1.29, 1.82) is 0 Å². The van der Waals surface area contributed by atoms with Gasteiger partial charge in [0.2, 0.25) is 0 Å². The monoisotopic (exact) mass is 826 g/mol. The zero-order chi connectivity index (χ0) is 42.7. The number of hydrogen-bond donors (Lipinski definition) is 0. The highest BCUT2D eigenvalue weighted by molar-refractivity contribution is 5.91. The number of rotatable bonds is 21. The zero-order valence-electron chi connectivity index (χ0n) is 30.9. The molecule has 0 aliphatic rings. The fourth-order valence-corrected chi connectivity index (χ4v) is 5.40. The second-order valence-corrected chi connectivity index (χ2v) is 13.3. The van der Waals surface area contributed by atoms with Crippen LogP contribution in [0.4, 0.5) is 48.3 Å². The van der Waals surface area contributed by atoms with E-state index < -0.39 is 48.4 Å². The molecule has 1 atom stereocenters. The van der Waals surface area contributed by atoms with Crippen molar-refractivity contribution in [1.82, 2.24) is 0 Å². The van der Waals surface area contributed by atoms with E-state index in [0.29, 0.717) is 24.8 Å². The Balaban J connectivity index is 1.40. The van der Waals surface area contributed by atoms with Crippen LogP contribution in [-0.4, -0.2) is 60.5 Å². The van der Waals surface area contributed by atoms with Crippen molar-refractivity contribution in [3.8, 4) is 16.9 Å². The summed E-state index contributed by atoms with van der Waals surface area (Å²) in [6.45, 7) is 2.98. The number of hydrogen-bond acceptors (Lipinski definition) is 6. The normalized spacial score (nSPS) is 13.2. The maximum atomic E-state index is 13.7. The van der Waals surface area contributed by atoms with E-state index in [9.17, 15) is 62.7 Å². The highest BCUT2D eigenvalue weighted by atomic mass is 19.4. The summed E-state index contributed by atoms with van der Waals surface area (Å²) in [5.74, 6) is -33.6. The van der Waals surface area contributed by atoms with Crippen molar-refractivity contribution < 1.29 is 76.9 Å². The summed E-state index contributed by atoms with van der Waals surface area (Å²) in [7, 11) is 0. The molecule has 0 bridgehead atoms. The summed E-state index contributed by atoms with van der Waals surface area (Å²) < 4.78 is 159. The Morgan fingerprint density at radius 2 is 1.09 bits per heavy atom. The molecule has 0 heterocycles. The summed E-state index contributed by atoms with van der Waals surface area (Å²) in [5, 5.41) is 0. The van der Waals surface area contributed by atoms with Gasteiger partial charge < -0.3 is 14.2 Å². The summed E-state index contributed by atoms with van der Waals surface area (Å²) in [6, 6.07) is 20.0. The first kappa shape index (κ1) is 46.7. The van der Waals surface area contributed by atoms with Gasteiger partial charge in [-0.05, 0) is 92.1 Å². The van der Waals surface area contributed by atoms with Crippen molar-refractivity contribution in [2.75, 3.05) is 6.61 Å². The lowest BCUT2D eigenvalue weighted by Gasteiger charge is -2.36. The molecule has 0 radical (unpaired) electrons. The van der Waals surface area contributed by atoms with Crippen LogP contribution in [0.15, 0.2) is 72.8 Å². The molecule has 0 N–H and O–H groups in total. The Bertz CT molecular complexity index is 1760. The average molecular weight is 827 g/mol. The lowest BCUT2D eigenvalue weighted by atomic mass is 9.98. The third-order valence-corrected chi connectivity index (χ3v) is 8.87. The number of alkyl halides is 11. The maximum absolute atomic E-state index is 13.7. The predicted octanol–water partition coefficient (Wildman–Crippen LogP) is 11.8. The SMILES string of the molecule is CCCCCCC(C)OC(=O)c1ccc(-c2ccc(OC(=O)c3ccc(CCCCCCOC(=O)C(F)(F)C(F)(F)C(F)(F)C(F)(F)C(F)(F)F)cc3)cc2)cc1. The number of halogens is 11. The van der Waals surface area contributed by atoms with E-state index >= 15 is 0 Å². The molecule has 1 unspecified atom stereocenters. The van der Waals surface area contributed by atoms with E-state index in [1.807, 2.05) is 6.92 Å². The molecular weight excluding hydrogens is 785 g/mol. The molecule has 3 rings (SSSR count). The third kappa shape index (κ3) is 11.7. The predicted molar refractivity (Wildman–Crippen MR) is 186 cm³/mol. The Morgan fingerprint density at radius 1 is 0.579 bits per heavy atom. The standard InChI is InChI=1S/C40H41F11O6/c1-3-4-5-8-11-26(2)56-33(52)31-19-17-28(18-20-31)29-21-23-32(24-22-29)57-34(53)30-15-13-27(14-16-30)12-9-6-7-10-25-55-35(54)36(41,42)37(43,44)38(45,46)39(47,48)40(49,50)51/h13-24,26H,3-12,25H2,1-2H3. The van der Waals surface area contributed by atoms with Crippen LogP contribution in [0.1, 0.15) is 97.9 Å². The lowest BCUT2D eigenvalue weighted by molar-refractivity contribution is -0.418. The van der Waals surface area contributed by atoms with Gasteiger partial charge in [0.1, 0.15) is 5.75 Å². The van der Waals surface area contributed by atoms with Gasteiger partial charge in [0.15, 0.2) is 0 Å². The first-order valence-corrected chi connectivity index (χ1v) is 18.0. The Hall–Kier alpha value is -4.70. The fourth-order valence-electron chi connectivity index (χ4n) is 5.40. The van der Waals surface area contributed by atoms with Crippen molar-refractivity contribution in [3.05, 3.63) is 89.5 Å². The molecule has 0 saturated carbocycles. The number of aryl methyl sites for hydroxylation is 1. The minimum atomic E-state index is -7.69. The van der Waals surface area contributed by atoms with Crippen LogP contribution in [0.25, 0.3) is 11.1 Å². The van der Waals surface area contributed by atoms with Crippen molar-refractivity contribution in [2.24, 2.45) is 0 Å². The average Bonchev–Trinajstić information content (AvgIpc) is 3.16. The van der Waals surface area contributed by atoms with E-state index in [-0.39, 0.29) is 36.2 Å². The quantitative estimate of drug-likeness (QED) is 0.0461. The number of benzene rings is 3. The van der Waals surface area contributed by atoms with Crippen LogP contribution in [0.3, 0.4) is 0 Å². The van der Waals surface area contributed by atoms with Crippen LogP contribution in [0.2, 0.25) is 0 Å². The van der Waals surface area contributed by atoms with Crippen LogP contribution >= 0.6 is 0 Å². The van der Waals surface area contributed by atoms with Crippen LogP contribution in [0, 0.1) is 0 Å². The number of carbonyl (C=O) groups excluding carboxylic acids is 3. The Labute approximate surface area is 321 Å². The van der Waals surface area contributed by atoms with Gasteiger partial charge in [0, 0.05) is 0 Å². The molecule has 17 heteroatoms. The van der Waals surface area contributed by atoms with E-state index in [1.54, 1.807) is 60.7 Å². The Kier molecular flexibility index (Phi) is 16.1. The van der Waals surface area contributed by atoms with Crippen LogP contribution in [0.5, 0.6) is 5.75 Å². The Morgan fingerprint density at radius 3 is 1.65 bits per heavy atom. The van der Waals surface area contributed by atoms with E-state index in [1.165, 1.54) is 12.1 Å². The number of esters is 3. The van der Waals surface area contributed by atoms with Crippen molar-refractivity contribution in [3.63, 3.8) is 0 Å². The topological polar surface area (TPSA) is 78.9 Å². The van der Waals surface area contributed by atoms with E-state index in [2.05, 4.69) is 11.7 Å². The van der Waals surface area contributed by atoms with Gasteiger partial charge in [-0.2, -0.15) is 48.3 Å². The summed E-state index contributed by atoms with van der Waals surface area (Å²) in [6.07, 6.45) is -1.17. The van der Waals surface area contributed by atoms with E-state index in [0.717, 1.165) is 48.8 Å². The smallest absolute Gasteiger partial charge is 0.460 e. The zero-order valence-corrected chi connectivity index (χ0v) is 30.9. The summed E-state index contributed by atoms with van der Waals surface area (Å²) >= 11 is 0. The molecule has 0 aliphatic heterocycles. The van der Waals surface area contributed by atoms with Crippen molar-refractivity contribution >= 4 is 17.9 Å². The number of ether oxygens (including phenoxy) is 3. The van der Waals surface area contributed by atoms with Gasteiger partial charge in [-0.25, -0.2) is 14.4 Å². The summed E-state index contributed by atoms with van der Waals surface area (Å²) in [4.78, 5) is 36.6. The largest absolute Gasteiger partial charge is 0.461 e. The molecule has 3 aromatic carbocycles. The van der Waals surface area contributed by atoms with Gasteiger partial charge in [-0.3, -0.25) is 0 Å². The first-order valence-electron chi connectivity index (χ1n) is 18.0. The molecule has 6 nitrogen and oxygen atoms in total. The van der Waals surface area contributed by atoms with Gasteiger partial charge in [0.05, 0.1) is 23.8 Å². The van der Waals surface area contributed by atoms with Gasteiger partial charge >= 0.3 is 47.8 Å². The highest BCUT2D eigenvalue weighted by Gasteiger charge is 2.89. The second kappa shape index (κ2) is 19.6. The van der Waals surface area contributed by atoms with Gasteiger partial charge in [0.25, 0.3) is 0 Å². The maximum Gasteiger partial charge on any atom is 0.460 e. The molecular formula is C40H41F11O6. The molecule has 57 heavy (non-hydrogen) atoms. The first-order chi connectivity index (χ1) is 26.6. The fraction of sp³-hybridized carbons (Fsp3) is 0.475. The molecule has 3 aromatic rings. The third-order valence-electron chi connectivity index (χ3n) is 8.87. The molecule has 0 spiro atoms. The lowest BCUT2D eigenvalue weighted by Crippen LogP contribution is -2.68. The minimum absolute atomic E-state index is 0.138. The molecule has 0 amide bonds. The van der Waals surface area contributed by atoms with Crippen LogP contribution in [-0.2, 0) is 20.7 Å². The summed E-state index contributed by atoms with van der Waals surface area (Å²) in [5.41, 5.74) is 3.10. The molecule has 0 aromatic heterocycles. The molecule has 0 saturated heterocycles. The number of unbranched alkanes of at least 4 members (excludes halogenated alkanes) is 6. The molecule has 314 valence electrons. The minimum Gasteiger partial charge on any atom is -0.461 e. The second-order valence-electron chi connectivity index (χ2n) is 13.3. The van der Waals surface area contributed by atoms with Crippen LogP contribution < -0.4 is 4.74 Å². The molecule has 0 aliphatic carbocycles. The molecule has 0 fully saturated rings. The highest BCUT2D eigenvalue weighted by Crippen LogP contribution is 2.57. The number of carbonyl (C=O) groups is 3. The van der Waals surface area contributed by atoms with Gasteiger partial charge in [-0.1, -0.05) is 75.4 Å². The van der Waals surface area contributed by atoms with Crippen molar-refractivity contribution in [2.45, 2.75) is 114 Å².